The zero-order valence-corrected chi connectivity index (χ0v) is 16.5. The molecule has 1 heterocycles. The quantitative estimate of drug-likeness (QED) is 0.507. The van der Waals surface area contributed by atoms with E-state index in [4.69, 9.17) is 0 Å². The van der Waals surface area contributed by atoms with Gasteiger partial charge >= 0.3 is 0 Å². The summed E-state index contributed by atoms with van der Waals surface area (Å²) in [7, 11) is 0. The fourth-order valence-corrected chi connectivity index (χ4v) is 4.26. The van der Waals surface area contributed by atoms with Crippen molar-refractivity contribution < 1.29 is 4.79 Å². The maximum atomic E-state index is 11.9. The molecule has 0 bridgehead atoms. The van der Waals surface area contributed by atoms with Crippen molar-refractivity contribution in [3.05, 3.63) is 42.0 Å². The van der Waals surface area contributed by atoms with Crippen molar-refractivity contribution in [3.8, 4) is 0 Å². The molecular formula is C18H24N4OS2. The average molecular weight is 377 g/mol. The summed E-state index contributed by atoms with van der Waals surface area (Å²) in [5, 5.41) is 15.2. The van der Waals surface area contributed by atoms with Crippen molar-refractivity contribution in [2.45, 2.75) is 43.2 Å². The van der Waals surface area contributed by atoms with Gasteiger partial charge in [-0.3, -0.25) is 4.79 Å². The van der Waals surface area contributed by atoms with E-state index in [1.807, 2.05) is 6.92 Å². The van der Waals surface area contributed by atoms with Crippen LogP contribution in [0.5, 0.6) is 0 Å². The van der Waals surface area contributed by atoms with Crippen molar-refractivity contribution in [1.29, 1.82) is 0 Å². The maximum absolute atomic E-state index is 11.9. The largest absolute Gasteiger partial charge is 0.352 e. The van der Waals surface area contributed by atoms with Crippen molar-refractivity contribution in [3.63, 3.8) is 0 Å². The van der Waals surface area contributed by atoms with Gasteiger partial charge in [0.15, 0.2) is 4.34 Å². The van der Waals surface area contributed by atoms with Gasteiger partial charge in [-0.25, -0.2) is 0 Å². The predicted octanol–water partition coefficient (Wildman–Crippen LogP) is 4.19. The minimum Gasteiger partial charge on any atom is -0.352 e. The molecule has 1 unspecified atom stereocenters. The summed E-state index contributed by atoms with van der Waals surface area (Å²) >= 11 is 2.88. The van der Waals surface area contributed by atoms with Crippen LogP contribution < -0.4 is 10.6 Å². The molecule has 25 heavy (non-hydrogen) atoms. The minimum atomic E-state index is -0.227. The Balaban J connectivity index is 2.07. The number of thioether (sulfide) groups is 1. The minimum absolute atomic E-state index is 0.0285. The van der Waals surface area contributed by atoms with E-state index in [1.54, 1.807) is 6.08 Å². The van der Waals surface area contributed by atoms with Gasteiger partial charge in [0.25, 0.3) is 0 Å². The number of rotatable bonds is 9. The summed E-state index contributed by atoms with van der Waals surface area (Å²) in [6.07, 6.45) is 3.58. The molecule has 0 radical (unpaired) electrons. The Hall–Kier alpha value is -1.86. The summed E-state index contributed by atoms with van der Waals surface area (Å²) < 4.78 is 0.774. The van der Waals surface area contributed by atoms with Crippen LogP contribution in [0.3, 0.4) is 0 Å². The van der Waals surface area contributed by atoms with Gasteiger partial charge in [0.1, 0.15) is 0 Å². The molecular weight excluding hydrogens is 352 g/mol. The number of carbonyl (C=O) groups is 1. The number of carbonyl (C=O) groups excluding carboxylic acids is 1. The third-order valence-corrected chi connectivity index (χ3v) is 5.73. The molecule has 0 saturated carbocycles. The highest BCUT2D eigenvalue weighted by molar-refractivity contribution is 8.02. The summed E-state index contributed by atoms with van der Waals surface area (Å²) in [4.78, 5) is 11.9. The molecule has 0 spiro atoms. The van der Waals surface area contributed by atoms with Gasteiger partial charge < -0.3 is 10.6 Å². The number of para-hydroxylation sites is 1. The van der Waals surface area contributed by atoms with Crippen molar-refractivity contribution >= 4 is 39.8 Å². The van der Waals surface area contributed by atoms with Crippen LogP contribution in [0, 0.1) is 0 Å². The average Bonchev–Trinajstić information content (AvgIpc) is 3.06. The van der Waals surface area contributed by atoms with E-state index in [2.05, 4.69) is 59.5 Å². The van der Waals surface area contributed by atoms with E-state index >= 15 is 0 Å². The molecule has 2 aromatic rings. The molecule has 7 heteroatoms. The normalized spacial score (nSPS) is 11.8. The first kappa shape index (κ1) is 19.5. The monoisotopic (exact) mass is 376 g/mol. The molecule has 0 fully saturated rings. The van der Waals surface area contributed by atoms with Crippen LogP contribution in [0.15, 0.2) is 35.2 Å². The second-order valence-corrected chi connectivity index (χ2v) is 8.02. The van der Waals surface area contributed by atoms with Gasteiger partial charge in [0.05, 0.1) is 5.25 Å². The second-order valence-electron chi connectivity index (χ2n) is 5.45. The SMILES string of the molecule is C=CCNC(=O)C(C)Sc1nnc(Nc2c(CC)cccc2CC)s1. The molecule has 2 N–H and O–H groups in total. The Morgan fingerprint density at radius 1 is 1.32 bits per heavy atom. The van der Waals surface area contributed by atoms with E-state index in [-0.39, 0.29) is 11.2 Å². The Bertz CT molecular complexity index is 707. The lowest BCUT2D eigenvalue weighted by Crippen LogP contribution is -2.30. The van der Waals surface area contributed by atoms with Crippen LogP contribution in [0.1, 0.15) is 31.9 Å². The van der Waals surface area contributed by atoms with Gasteiger partial charge in [-0.1, -0.05) is 61.2 Å². The lowest BCUT2D eigenvalue weighted by atomic mass is 10.0. The van der Waals surface area contributed by atoms with Crippen LogP contribution in [0.25, 0.3) is 0 Å². The fraction of sp³-hybridized carbons (Fsp3) is 0.389. The van der Waals surface area contributed by atoms with Crippen molar-refractivity contribution in [2.75, 3.05) is 11.9 Å². The number of aromatic nitrogens is 2. The van der Waals surface area contributed by atoms with E-state index in [1.165, 1.54) is 34.2 Å². The molecule has 1 atom stereocenters. The molecule has 2 rings (SSSR count). The van der Waals surface area contributed by atoms with E-state index in [0.717, 1.165) is 28.0 Å². The first-order chi connectivity index (χ1) is 12.1. The van der Waals surface area contributed by atoms with Crippen LogP contribution in [-0.2, 0) is 17.6 Å². The van der Waals surface area contributed by atoms with E-state index in [9.17, 15) is 4.79 Å². The highest BCUT2D eigenvalue weighted by Crippen LogP contribution is 2.32. The zero-order chi connectivity index (χ0) is 18.2. The van der Waals surface area contributed by atoms with Gasteiger partial charge in [-0.2, -0.15) is 0 Å². The Labute approximate surface area is 157 Å². The number of hydrogen-bond acceptors (Lipinski definition) is 6. The molecule has 1 aromatic heterocycles. The smallest absolute Gasteiger partial charge is 0.233 e. The Morgan fingerprint density at radius 2 is 2.00 bits per heavy atom. The number of nitrogens with zero attached hydrogens (tertiary/aromatic N) is 2. The molecule has 1 amide bonds. The lowest BCUT2D eigenvalue weighted by Gasteiger charge is -2.13. The number of benzene rings is 1. The fourth-order valence-electron chi connectivity index (χ4n) is 2.34. The number of hydrogen-bond donors (Lipinski definition) is 2. The highest BCUT2D eigenvalue weighted by atomic mass is 32.2. The first-order valence-corrected chi connectivity index (χ1v) is 10.0. The molecule has 5 nitrogen and oxygen atoms in total. The highest BCUT2D eigenvalue weighted by Gasteiger charge is 2.17. The topological polar surface area (TPSA) is 66.9 Å². The number of anilines is 2. The third kappa shape index (κ3) is 5.31. The molecule has 1 aromatic carbocycles. The number of amides is 1. The number of nitrogens with one attached hydrogen (secondary N) is 2. The van der Waals surface area contributed by atoms with Crippen LogP contribution in [-0.4, -0.2) is 27.9 Å². The van der Waals surface area contributed by atoms with Gasteiger partial charge in [0, 0.05) is 12.2 Å². The van der Waals surface area contributed by atoms with Crippen LogP contribution >= 0.6 is 23.1 Å². The summed E-state index contributed by atoms with van der Waals surface area (Å²) in [5.74, 6) is -0.0285. The Kier molecular flexibility index (Phi) is 7.46. The maximum Gasteiger partial charge on any atom is 0.233 e. The molecule has 134 valence electrons. The summed E-state index contributed by atoms with van der Waals surface area (Å²) in [6.45, 7) is 10.2. The van der Waals surface area contributed by atoms with Gasteiger partial charge in [0.2, 0.25) is 11.0 Å². The molecule has 0 aliphatic heterocycles. The predicted molar refractivity (Wildman–Crippen MR) is 107 cm³/mol. The standard InChI is InChI=1S/C18H24N4OS2/c1-5-11-19-16(23)12(4)24-18-22-21-17(25-18)20-15-13(6-2)9-8-10-14(15)7-3/h5,8-10,12H,1,6-7,11H2,2-4H3,(H,19,23)(H,20,21). The molecule has 0 saturated heterocycles. The van der Waals surface area contributed by atoms with Crippen molar-refractivity contribution in [2.24, 2.45) is 0 Å². The van der Waals surface area contributed by atoms with Crippen LogP contribution in [0.4, 0.5) is 10.8 Å². The zero-order valence-electron chi connectivity index (χ0n) is 14.8. The summed E-state index contributed by atoms with van der Waals surface area (Å²) in [5.41, 5.74) is 3.65. The van der Waals surface area contributed by atoms with Crippen LogP contribution in [0.2, 0.25) is 0 Å². The van der Waals surface area contributed by atoms with Gasteiger partial charge in [-0.05, 0) is 30.9 Å². The molecule has 0 aliphatic rings. The Morgan fingerprint density at radius 3 is 2.60 bits per heavy atom. The van der Waals surface area contributed by atoms with E-state index in [0.29, 0.717) is 6.54 Å². The van der Waals surface area contributed by atoms with E-state index < -0.39 is 0 Å². The third-order valence-electron chi connectivity index (χ3n) is 3.70. The number of aryl methyl sites for hydroxylation is 2. The van der Waals surface area contributed by atoms with Gasteiger partial charge in [-0.15, -0.1) is 16.8 Å². The van der Waals surface area contributed by atoms with Crippen molar-refractivity contribution in [1.82, 2.24) is 15.5 Å². The lowest BCUT2D eigenvalue weighted by molar-refractivity contribution is -0.120. The summed E-state index contributed by atoms with van der Waals surface area (Å²) in [6, 6.07) is 6.35. The first-order valence-electron chi connectivity index (χ1n) is 8.35. The second kappa shape index (κ2) is 9.58. The molecule has 0 aliphatic carbocycles.